The molecular formula is C27H44O5. The first kappa shape index (κ1) is 22.3. The molecule has 0 radical (unpaired) electrons. The molecule has 0 aromatic rings. The third-order valence-corrected chi connectivity index (χ3v) is 12.0. The number of aliphatic hydroxyl groups is 3. The third kappa shape index (κ3) is 2.81. The van der Waals surface area contributed by atoms with Gasteiger partial charge < -0.3 is 24.8 Å². The van der Waals surface area contributed by atoms with Crippen molar-refractivity contribution in [1.82, 2.24) is 0 Å². The van der Waals surface area contributed by atoms with E-state index in [1.54, 1.807) is 0 Å². The Morgan fingerprint density at radius 3 is 2.28 bits per heavy atom. The summed E-state index contributed by atoms with van der Waals surface area (Å²) >= 11 is 0. The van der Waals surface area contributed by atoms with Crippen LogP contribution in [0.3, 0.4) is 0 Å². The molecule has 2 heterocycles. The molecule has 32 heavy (non-hydrogen) atoms. The van der Waals surface area contributed by atoms with Crippen molar-refractivity contribution in [2.24, 2.45) is 52.3 Å². The van der Waals surface area contributed by atoms with Crippen molar-refractivity contribution < 1.29 is 24.8 Å². The molecule has 14 atom stereocenters. The minimum absolute atomic E-state index is 0.0870. The second kappa shape index (κ2) is 7.16. The van der Waals surface area contributed by atoms with Crippen molar-refractivity contribution in [3.63, 3.8) is 0 Å². The molecule has 0 aromatic carbocycles. The Morgan fingerprint density at radius 1 is 0.781 bits per heavy atom. The number of rotatable bonds is 0. The van der Waals surface area contributed by atoms with Crippen LogP contribution in [-0.2, 0) is 9.47 Å². The molecule has 5 nitrogen and oxygen atoms in total. The topological polar surface area (TPSA) is 79.2 Å². The van der Waals surface area contributed by atoms with Gasteiger partial charge in [-0.15, -0.1) is 0 Å². The van der Waals surface area contributed by atoms with Gasteiger partial charge in [0, 0.05) is 12.3 Å². The molecule has 6 fully saturated rings. The van der Waals surface area contributed by atoms with Gasteiger partial charge in [0.25, 0.3) is 0 Å². The van der Waals surface area contributed by atoms with Gasteiger partial charge in [-0.2, -0.15) is 0 Å². The highest BCUT2D eigenvalue weighted by molar-refractivity contribution is 5.16. The van der Waals surface area contributed by atoms with Crippen LogP contribution in [0.4, 0.5) is 0 Å². The molecule has 2 aliphatic heterocycles. The quantitative estimate of drug-likeness (QED) is 0.526. The average Bonchev–Trinajstić information content (AvgIpc) is 3.18. The fourth-order valence-corrected chi connectivity index (χ4v) is 10.3. The standard InChI is InChI=1S/C27H44O5/c1-14-5-8-27(31-13-14)15(2)24-23(32-27)11-18-16-9-20(28)19-10-21(29)22(30)12-26(19,4)17(16)6-7-25(18,24)3/h14-24,28-30H,5-13H2,1-4H3/t14-,15+,16-,17+,18+,19-,20-,21-,22+,23+,24+,25+,26-,27-/m1/s1. The smallest absolute Gasteiger partial charge is 0.171 e. The van der Waals surface area contributed by atoms with E-state index in [1.165, 1.54) is 19.3 Å². The molecule has 0 unspecified atom stereocenters. The summed E-state index contributed by atoms with van der Waals surface area (Å²) in [5, 5.41) is 32.1. The summed E-state index contributed by atoms with van der Waals surface area (Å²) in [6.07, 6.45) is 6.22. The Bertz CT molecular complexity index is 748. The Morgan fingerprint density at radius 2 is 1.56 bits per heavy atom. The van der Waals surface area contributed by atoms with Gasteiger partial charge in [0.1, 0.15) is 0 Å². The van der Waals surface area contributed by atoms with Gasteiger partial charge in [0.15, 0.2) is 5.79 Å². The molecule has 0 amide bonds. The fraction of sp³-hybridized carbons (Fsp3) is 1.00. The lowest BCUT2D eigenvalue weighted by molar-refractivity contribution is -0.273. The van der Waals surface area contributed by atoms with Gasteiger partial charge in [0.2, 0.25) is 0 Å². The Balaban J connectivity index is 1.28. The van der Waals surface area contributed by atoms with E-state index in [0.717, 1.165) is 25.9 Å². The average molecular weight is 449 g/mol. The number of hydrogen-bond acceptors (Lipinski definition) is 5. The Labute approximate surface area is 193 Å². The van der Waals surface area contributed by atoms with E-state index in [0.29, 0.717) is 48.3 Å². The van der Waals surface area contributed by atoms with Crippen LogP contribution in [0, 0.1) is 52.3 Å². The maximum atomic E-state index is 11.3. The summed E-state index contributed by atoms with van der Waals surface area (Å²) in [5.41, 5.74) is 0.146. The highest BCUT2D eigenvalue weighted by atomic mass is 16.7. The largest absolute Gasteiger partial charge is 0.393 e. The van der Waals surface area contributed by atoms with E-state index in [2.05, 4.69) is 27.7 Å². The summed E-state index contributed by atoms with van der Waals surface area (Å²) in [4.78, 5) is 0. The molecule has 4 aliphatic carbocycles. The predicted molar refractivity (Wildman–Crippen MR) is 121 cm³/mol. The van der Waals surface area contributed by atoms with Crippen LogP contribution in [0.5, 0.6) is 0 Å². The first-order valence-corrected chi connectivity index (χ1v) is 13.4. The molecule has 5 heteroatoms. The second-order valence-electron chi connectivity index (χ2n) is 13.4. The SMILES string of the molecule is C[C@@H]1CC[C@@]2(OC1)O[C@H]1C[C@H]3[C@@H]4C[C@@H](O)[C@H]5C[C@@H](O)[C@@H](O)C[C@]5(C)[C@H]4CC[C@]3(C)[C@H]1[C@@H]2C. The highest BCUT2D eigenvalue weighted by Gasteiger charge is 2.70. The molecule has 3 N–H and O–H groups in total. The van der Waals surface area contributed by atoms with E-state index in [-0.39, 0.29) is 34.7 Å². The van der Waals surface area contributed by atoms with Crippen LogP contribution in [0.15, 0.2) is 0 Å². The van der Waals surface area contributed by atoms with Crippen molar-refractivity contribution in [2.45, 2.75) is 109 Å². The Hall–Kier alpha value is -0.200. The Kier molecular flexibility index (Phi) is 4.99. The number of ether oxygens (including phenoxy) is 2. The molecule has 4 saturated carbocycles. The summed E-state index contributed by atoms with van der Waals surface area (Å²) in [5.74, 6) is 2.86. The van der Waals surface area contributed by atoms with Gasteiger partial charge in [-0.1, -0.05) is 27.7 Å². The molecule has 1 spiro atoms. The zero-order chi connectivity index (χ0) is 22.6. The van der Waals surface area contributed by atoms with Crippen LogP contribution < -0.4 is 0 Å². The van der Waals surface area contributed by atoms with Crippen molar-refractivity contribution in [2.75, 3.05) is 6.61 Å². The molecule has 0 aromatic heterocycles. The highest BCUT2D eigenvalue weighted by Crippen LogP contribution is 2.71. The predicted octanol–water partition coefficient (Wildman–Crippen LogP) is 3.74. The maximum absolute atomic E-state index is 11.3. The monoisotopic (exact) mass is 448 g/mol. The molecule has 2 saturated heterocycles. The van der Waals surface area contributed by atoms with E-state index in [1.807, 2.05) is 0 Å². The van der Waals surface area contributed by atoms with Gasteiger partial charge in [-0.3, -0.25) is 0 Å². The summed E-state index contributed by atoms with van der Waals surface area (Å²) in [6.45, 7) is 10.3. The van der Waals surface area contributed by atoms with Crippen LogP contribution >= 0.6 is 0 Å². The van der Waals surface area contributed by atoms with Gasteiger partial charge >= 0.3 is 0 Å². The van der Waals surface area contributed by atoms with Crippen molar-refractivity contribution in [1.29, 1.82) is 0 Å². The lowest BCUT2D eigenvalue weighted by atomic mass is 9.43. The third-order valence-electron chi connectivity index (χ3n) is 12.0. The second-order valence-corrected chi connectivity index (χ2v) is 13.4. The summed E-state index contributed by atoms with van der Waals surface area (Å²) in [7, 11) is 0. The van der Waals surface area contributed by atoms with Crippen LogP contribution in [0.2, 0.25) is 0 Å². The van der Waals surface area contributed by atoms with E-state index < -0.39 is 12.2 Å². The number of aliphatic hydroxyl groups excluding tert-OH is 3. The molecule has 0 bridgehead atoms. The van der Waals surface area contributed by atoms with Gasteiger partial charge in [-0.05, 0) is 91.3 Å². The van der Waals surface area contributed by atoms with E-state index in [9.17, 15) is 15.3 Å². The van der Waals surface area contributed by atoms with Gasteiger partial charge in [-0.25, -0.2) is 0 Å². The first-order chi connectivity index (χ1) is 15.1. The fourth-order valence-electron chi connectivity index (χ4n) is 10.3. The number of fused-ring (bicyclic) bond motifs is 7. The first-order valence-electron chi connectivity index (χ1n) is 13.4. The number of hydrogen-bond donors (Lipinski definition) is 3. The zero-order valence-electron chi connectivity index (χ0n) is 20.4. The van der Waals surface area contributed by atoms with Gasteiger partial charge in [0.05, 0.1) is 31.0 Å². The maximum Gasteiger partial charge on any atom is 0.171 e. The lowest BCUT2D eigenvalue weighted by Gasteiger charge is -2.62. The molecule has 6 rings (SSSR count). The van der Waals surface area contributed by atoms with Crippen LogP contribution in [-0.4, -0.2) is 52.1 Å². The van der Waals surface area contributed by atoms with Crippen molar-refractivity contribution in [3.05, 3.63) is 0 Å². The summed E-state index contributed by atoms with van der Waals surface area (Å²) < 4.78 is 13.3. The van der Waals surface area contributed by atoms with Crippen molar-refractivity contribution >= 4 is 0 Å². The molecule has 6 aliphatic rings. The summed E-state index contributed by atoms with van der Waals surface area (Å²) in [6, 6.07) is 0. The normalized spacial score (nSPS) is 64.0. The lowest BCUT2D eigenvalue weighted by Crippen LogP contribution is -2.61. The van der Waals surface area contributed by atoms with Crippen LogP contribution in [0.1, 0.15) is 79.1 Å². The van der Waals surface area contributed by atoms with Crippen molar-refractivity contribution in [3.8, 4) is 0 Å². The van der Waals surface area contributed by atoms with E-state index in [4.69, 9.17) is 9.47 Å². The van der Waals surface area contributed by atoms with Crippen LogP contribution in [0.25, 0.3) is 0 Å². The zero-order valence-corrected chi connectivity index (χ0v) is 20.4. The molecule has 182 valence electrons. The molecular weight excluding hydrogens is 404 g/mol. The minimum Gasteiger partial charge on any atom is -0.393 e. The minimum atomic E-state index is -0.692. The van der Waals surface area contributed by atoms with E-state index >= 15 is 0 Å².